The second kappa shape index (κ2) is 5.52. The van der Waals surface area contributed by atoms with E-state index in [9.17, 15) is 8.78 Å². The van der Waals surface area contributed by atoms with Crippen LogP contribution in [0.5, 0.6) is 0 Å². The van der Waals surface area contributed by atoms with Gasteiger partial charge in [0, 0.05) is 11.6 Å². The Kier molecular flexibility index (Phi) is 3.86. The summed E-state index contributed by atoms with van der Waals surface area (Å²) in [5.74, 6) is 0.772. The Morgan fingerprint density at radius 1 is 1.29 bits per heavy atom. The first-order chi connectivity index (χ1) is 9.95. The fraction of sp³-hybridized carbons (Fsp3) is 0.562. The van der Waals surface area contributed by atoms with Crippen molar-refractivity contribution in [3.63, 3.8) is 0 Å². The number of nitrogens with one attached hydrogen (secondary N) is 1. The van der Waals surface area contributed by atoms with Gasteiger partial charge in [0.15, 0.2) is 0 Å². The highest BCUT2D eigenvalue weighted by atomic mass is 32.1. The number of nitrogens with two attached hydrogens (primary N) is 1. The molecule has 0 radical (unpaired) electrons. The van der Waals surface area contributed by atoms with Crippen LogP contribution >= 0.6 is 12.2 Å². The minimum atomic E-state index is -0.632. The fourth-order valence-electron chi connectivity index (χ4n) is 4.09. The molecule has 21 heavy (non-hydrogen) atoms. The van der Waals surface area contributed by atoms with Crippen LogP contribution in [0.15, 0.2) is 12.1 Å². The lowest BCUT2D eigenvalue weighted by Crippen LogP contribution is -2.30. The molecule has 2 nitrogen and oxygen atoms in total. The summed E-state index contributed by atoms with van der Waals surface area (Å²) in [5.41, 5.74) is 5.58. The summed E-state index contributed by atoms with van der Waals surface area (Å²) < 4.78 is 28.2. The number of hydrogen-bond donors (Lipinski definition) is 2. The molecule has 0 saturated heterocycles. The summed E-state index contributed by atoms with van der Waals surface area (Å²) in [6.07, 6.45) is 5.03. The number of benzene rings is 1. The molecule has 0 amide bonds. The molecular formula is C16H20F2N2S. The lowest BCUT2D eigenvalue weighted by Gasteiger charge is -2.29. The van der Waals surface area contributed by atoms with E-state index in [2.05, 4.69) is 5.32 Å². The molecule has 1 aromatic carbocycles. The highest BCUT2D eigenvalue weighted by molar-refractivity contribution is 7.80. The average Bonchev–Trinajstić information content (AvgIpc) is 3.04. The molecule has 0 heterocycles. The zero-order chi connectivity index (χ0) is 15.1. The summed E-state index contributed by atoms with van der Waals surface area (Å²) in [5, 5.41) is 3.04. The van der Waals surface area contributed by atoms with Gasteiger partial charge in [-0.25, -0.2) is 8.78 Å². The first-order valence-corrected chi connectivity index (χ1v) is 7.92. The van der Waals surface area contributed by atoms with E-state index in [4.69, 9.17) is 18.0 Å². The van der Waals surface area contributed by atoms with E-state index in [1.165, 1.54) is 37.8 Å². The predicted molar refractivity (Wildman–Crippen MR) is 84.3 cm³/mol. The number of hydrogen-bond acceptors (Lipinski definition) is 2. The average molecular weight is 310 g/mol. The summed E-state index contributed by atoms with van der Waals surface area (Å²) >= 11 is 4.76. The number of halogens is 2. The maximum atomic E-state index is 14.1. The van der Waals surface area contributed by atoms with Crippen LogP contribution in [0.4, 0.5) is 14.5 Å². The third kappa shape index (κ3) is 2.76. The van der Waals surface area contributed by atoms with Gasteiger partial charge in [0.1, 0.15) is 22.3 Å². The van der Waals surface area contributed by atoms with Gasteiger partial charge in [0.2, 0.25) is 0 Å². The Bertz CT molecular complexity index is 552. The predicted octanol–water partition coefficient (Wildman–Crippen LogP) is 3.84. The lowest BCUT2D eigenvalue weighted by molar-refractivity contribution is 0.303. The highest BCUT2D eigenvalue weighted by Gasteiger charge is 2.42. The molecule has 2 aliphatic carbocycles. The van der Waals surface area contributed by atoms with Crippen LogP contribution < -0.4 is 11.1 Å². The monoisotopic (exact) mass is 310 g/mol. The standard InChI is InChI=1S/C16H20F2N2S/c1-8(12-5-9-2-3-10(12)4-9)20-15-13(17)6-11(16(19)21)7-14(15)18/h6-10,12,20H,2-5H2,1H3,(H2,19,21). The van der Waals surface area contributed by atoms with Crippen LogP contribution in [-0.4, -0.2) is 11.0 Å². The third-order valence-corrected chi connectivity index (χ3v) is 5.37. The third-order valence-electron chi connectivity index (χ3n) is 5.13. The van der Waals surface area contributed by atoms with E-state index in [0.717, 1.165) is 5.92 Å². The van der Waals surface area contributed by atoms with Gasteiger partial charge < -0.3 is 11.1 Å². The van der Waals surface area contributed by atoms with Gasteiger partial charge in [-0.15, -0.1) is 0 Å². The minimum absolute atomic E-state index is 0.000464. The van der Waals surface area contributed by atoms with Gasteiger partial charge in [-0.1, -0.05) is 18.6 Å². The molecule has 3 N–H and O–H groups in total. The summed E-state index contributed by atoms with van der Waals surface area (Å²) in [6.45, 7) is 2.02. The van der Waals surface area contributed by atoms with Crippen LogP contribution in [-0.2, 0) is 0 Å². The van der Waals surface area contributed by atoms with Crippen molar-refractivity contribution in [3.05, 3.63) is 29.3 Å². The van der Waals surface area contributed by atoms with Crippen molar-refractivity contribution in [1.82, 2.24) is 0 Å². The second-order valence-corrected chi connectivity index (χ2v) is 6.89. The Balaban J connectivity index is 1.77. The molecule has 114 valence electrons. The van der Waals surface area contributed by atoms with Gasteiger partial charge >= 0.3 is 0 Å². The van der Waals surface area contributed by atoms with Crippen molar-refractivity contribution in [3.8, 4) is 0 Å². The van der Waals surface area contributed by atoms with Crippen molar-refractivity contribution in [2.24, 2.45) is 23.5 Å². The minimum Gasteiger partial charge on any atom is -0.389 e. The fourth-order valence-corrected chi connectivity index (χ4v) is 4.21. The van der Waals surface area contributed by atoms with Crippen molar-refractivity contribution in [2.45, 2.75) is 38.6 Å². The molecule has 4 atom stereocenters. The quantitative estimate of drug-likeness (QED) is 0.830. The topological polar surface area (TPSA) is 38.0 Å². The zero-order valence-electron chi connectivity index (χ0n) is 12.0. The Hall–Kier alpha value is -1.23. The maximum absolute atomic E-state index is 14.1. The smallest absolute Gasteiger partial charge is 0.150 e. The van der Waals surface area contributed by atoms with Gasteiger partial charge in [-0.05, 0) is 56.1 Å². The van der Waals surface area contributed by atoms with Crippen LogP contribution in [0, 0.1) is 29.4 Å². The van der Waals surface area contributed by atoms with Gasteiger partial charge in [-0.2, -0.15) is 0 Å². The Labute approximate surface area is 129 Å². The molecule has 0 aliphatic heterocycles. The normalized spacial score (nSPS) is 28.6. The molecule has 2 bridgehead atoms. The van der Waals surface area contributed by atoms with Gasteiger partial charge in [-0.3, -0.25) is 0 Å². The van der Waals surface area contributed by atoms with E-state index >= 15 is 0 Å². The van der Waals surface area contributed by atoms with E-state index in [1.807, 2.05) is 6.92 Å². The Morgan fingerprint density at radius 2 is 1.95 bits per heavy atom. The zero-order valence-corrected chi connectivity index (χ0v) is 12.9. The van der Waals surface area contributed by atoms with Crippen LogP contribution in [0.25, 0.3) is 0 Å². The first kappa shape index (κ1) is 14.7. The van der Waals surface area contributed by atoms with E-state index in [0.29, 0.717) is 11.8 Å². The molecule has 5 heteroatoms. The van der Waals surface area contributed by atoms with Gasteiger partial charge in [0.25, 0.3) is 0 Å². The van der Waals surface area contributed by atoms with Crippen molar-refractivity contribution in [2.75, 3.05) is 5.32 Å². The number of fused-ring (bicyclic) bond motifs is 2. The second-order valence-electron chi connectivity index (χ2n) is 6.45. The molecule has 0 spiro atoms. The number of anilines is 1. The van der Waals surface area contributed by atoms with Crippen LogP contribution in [0.2, 0.25) is 0 Å². The van der Waals surface area contributed by atoms with Crippen LogP contribution in [0.1, 0.15) is 38.2 Å². The lowest BCUT2D eigenvalue weighted by atomic mass is 9.84. The largest absolute Gasteiger partial charge is 0.389 e. The van der Waals surface area contributed by atoms with Crippen molar-refractivity contribution < 1.29 is 8.78 Å². The molecule has 3 rings (SSSR count). The van der Waals surface area contributed by atoms with E-state index in [-0.39, 0.29) is 22.3 Å². The molecule has 0 aromatic heterocycles. The maximum Gasteiger partial charge on any atom is 0.150 e. The first-order valence-electron chi connectivity index (χ1n) is 7.51. The summed E-state index contributed by atoms with van der Waals surface area (Å²) in [6, 6.07) is 2.46. The molecule has 1 aromatic rings. The Morgan fingerprint density at radius 3 is 2.43 bits per heavy atom. The molecule has 2 aliphatic rings. The highest BCUT2D eigenvalue weighted by Crippen LogP contribution is 2.50. The molecular weight excluding hydrogens is 290 g/mol. The SMILES string of the molecule is CC(Nc1c(F)cc(C(N)=S)cc1F)C1CC2CCC1C2. The van der Waals surface area contributed by atoms with Crippen molar-refractivity contribution >= 4 is 22.9 Å². The molecule has 2 saturated carbocycles. The number of rotatable bonds is 4. The van der Waals surface area contributed by atoms with E-state index in [1.54, 1.807) is 0 Å². The van der Waals surface area contributed by atoms with Crippen LogP contribution in [0.3, 0.4) is 0 Å². The van der Waals surface area contributed by atoms with E-state index < -0.39 is 11.6 Å². The number of thiocarbonyl (C=S) groups is 1. The summed E-state index contributed by atoms with van der Waals surface area (Å²) in [7, 11) is 0. The van der Waals surface area contributed by atoms with Crippen molar-refractivity contribution in [1.29, 1.82) is 0 Å². The summed E-state index contributed by atoms with van der Waals surface area (Å²) in [4.78, 5) is 0.000464. The van der Waals surface area contributed by atoms with Gasteiger partial charge in [0.05, 0.1) is 0 Å². The molecule has 4 unspecified atom stereocenters. The molecule has 2 fully saturated rings.